The van der Waals surface area contributed by atoms with Gasteiger partial charge in [-0.3, -0.25) is 0 Å². The molecule has 0 aliphatic heterocycles. The van der Waals surface area contributed by atoms with Crippen LogP contribution in [0.1, 0.15) is 0 Å². The lowest BCUT2D eigenvalue weighted by Crippen LogP contribution is -2.42. The quantitative estimate of drug-likeness (QED) is 0.361. The number of amidine groups is 1. The molecule has 0 aromatic carbocycles. The Balaban J connectivity index is 5.14. The van der Waals surface area contributed by atoms with Gasteiger partial charge in [0.25, 0.3) is 0 Å². The number of rotatable bonds is 5. The minimum atomic E-state index is -4.95. The van der Waals surface area contributed by atoms with Gasteiger partial charge in [-0.05, 0) is 0 Å². The maximum atomic E-state index is 12.4. The monoisotopic (exact) mass is 305 g/mol. The van der Waals surface area contributed by atoms with E-state index in [0.29, 0.717) is 0 Å². The molecule has 3 nitrogen and oxygen atoms in total. The van der Waals surface area contributed by atoms with E-state index >= 15 is 0 Å². The Hall–Kier alpha value is -1.13. The van der Waals surface area contributed by atoms with Gasteiger partial charge in [0, 0.05) is 0 Å². The van der Waals surface area contributed by atoms with Gasteiger partial charge in [-0.2, -0.15) is 17.6 Å². The van der Waals surface area contributed by atoms with Crippen LogP contribution in [0, 0.1) is 0 Å². The van der Waals surface area contributed by atoms with Crippen molar-refractivity contribution in [3.05, 3.63) is 0 Å². The van der Waals surface area contributed by atoms with Gasteiger partial charge in [0.2, 0.25) is 5.17 Å². The predicted molar refractivity (Wildman–Crippen MR) is 46.8 cm³/mol. The maximum Gasteiger partial charge on any atom is 0.365 e. The van der Waals surface area contributed by atoms with Crippen LogP contribution in [0.5, 0.6) is 0 Å². The van der Waals surface area contributed by atoms with Gasteiger partial charge in [0.15, 0.2) is 5.84 Å². The van der Waals surface area contributed by atoms with Crippen molar-refractivity contribution in [1.29, 1.82) is 0 Å². The molecule has 0 aliphatic rings. The van der Waals surface area contributed by atoms with Crippen LogP contribution < -0.4 is 5.73 Å². The lowest BCUT2D eigenvalue weighted by atomic mass is 10.3. The molecule has 0 aromatic heterocycles. The second-order valence-corrected chi connectivity index (χ2v) is 3.08. The molecule has 0 aromatic rings. The van der Waals surface area contributed by atoms with Crippen molar-refractivity contribution in [3.63, 3.8) is 0 Å². The summed E-state index contributed by atoms with van der Waals surface area (Å²) < 4.78 is 96.3. The van der Waals surface area contributed by atoms with Crippen molar-refractivity contribution in [2.45, 2.75) is 24.7 Å². The fraction of sp³-hybridized carbons (Fsp3) is 0.667. The number of hydrogen-bond acceptors (Lipinski definition) is 2. The number of nitrogens with two attached hydrogens (primary N) is 1. The van der Waals surface area contributed by atoms with Crippen LogP contribution >= 0.6 is 11.6 Å². The van der Waals surface area contributed by atoms with Gasteiger partial charge < -0.3 is 5.73 Å². The highest BCUT2D eigenvalue weighted by Crippen LogP contribution is 2.27. The van der Waals surface area contributed by atoms with E-state index in [9.17, 15) is 35.1 Å². The summed E-state index contributed by atoms with van der Waals surface area (Å²) in [7, 11) is 0. The molecule has 0 aliphatic carbocycles. The fourth-order valence-corrected chi connectivity index (χ4v) is 0.553. The normalized spacial score (nSPS) is 15.7. The molecule has 12 heteroatoms. The topological polar surface area (TPSA) is 50.7 Å². The highest BCUT2D eigenvalue weighted by molar-refractivity contribution is 6.67. The Labute approximate surface area is 99.3 Å². The Kier molecular flexibility index (Phi) is 5.32. The zero-order valence-corrected chi connectivity index (χ0v) is 8.78. The Bertz CT molecular complexity index is 319. The number of alkyl halides is 8. The van der Waals surface area contributed by atoms with Gasteiger partial charge in [0.05, 0.1) is 0 Å². The summed E-state index contributed by atoms with van der Waals surface area (Å²) in [5.41, 5.74) is 4.34. The first-order valence-electron chi connectivity index (χ1n) is 3.83. The molecule has 0 atom stereocenters. The molecule has 0 saturated carbocycles. The van der Waals surface area contributed by atoms with E-state index in [4.69, 9.17) is 0 Å². The molecule has 18 heavy (non-hydrogen) atoms. The Morgan fingerprint density at radius 2 is 1.28 bits per heavy atom. The zero-order valence-electron chi connectivity index (χ0n) is 8.03. The number of halogens is 9. The van der Waals surface area contributed by atoms with Gasteiger partial charge in [0.1, 0.15) is 0 Å². The molecule has 106 valence electrons. The van der Waals surface area contributed by atoms with E-state index in [1.807, 2.05) is 0 Å². The second kappa shape index (κ2) is 5.67. The van der Waals surface area contributed by atoms with Crippen molar-refractivity contribution in [1.82, 2.24) is 0 Å². The second-order valence-electron chi connectivity index (χ2n) is 2.72. The smallest absolute Gasteiger partial charge is 0.365 e. The van der Waals surface area contributed by atoms with Crippen molar-refractivity contribution in [2.75, 3.05) is 0 Å². The molecule has 0 spiro atoms. The van der Waals surface area contributed by atoms with Crippen molar-refractivity contribution < 1.29 is 35.1 Å². The van der Waals surface area contributed by atoms with Gasteiger partial charge in [-0.25, -0.2) is 17.6 Å². The third-order valence-electron chi connectivity index (χ3n) is 1.41. The van der Waals surface area contributed by atoms with Crippen LogP contribution in [0.4, 0.5) is 35.1 Å². The van der Waals surface area contributed by atoms with Crippen molar-refractivity contribution in [3.8, 4) is 0 Å². The Morgan fingerprint density at radius 1 is 0.889 bits per heavy atom. The fourth-order valence-electron chi connectivity index (χ4n) is 0.433. The maximum absolute atomic E-state index is 12.4. The molecule has 0 saturated heterocycles. The summed E-state index contributed by atoms with van der Waals surface area (Å²) in [6, 6.07) is 0. The van der Waals surface area contributed by atoms with Crippen molar-refractivity contribution in [2.24, 2.45) is 15.9 Å². The molecule has 2 N–H and O–H groups in total. The van der Waals surface area contributed by atoms with E-state index in [1.54, 1.807) is 0 Å². The van der Waals surface area contributed by atoms with E-state index in [2.05, 4.69) is 27.5 Å². The number of nitrogens with zero attached hydrogens (tertiary/aromatic N) is 2. The highest BCUT2D eigenvalue weighted by Gasteiger charge is 2.47. The van der Waals surface area contributed by atoms with Crippen LogP contribution in [0.3, 0.4) is 0 Å². The summed E-state index contributed by atoms with van der Waals surface area (Å²) >= 11 is 4.57. The first-order valence-corrected chi connectivity index (χ1v) is 4.21. The average molecular weight is 306 g/mol. The summed E-state index contributed by atoms with van der Waals surface area (Å²) in [5.74, 6) is -12.0. The largest absolute Gasteiger partial charge is 0.380 e. The van der Waals surface area contributed by atoms with E-state index in [1.165, 1.54) is 0 Å². The minimum absolute atomic E-state index is 2.07. The van der Waals surface area contributed by atoms with E-state index in [-0.39, 0.29) is 0 Å². The average Bonchev–Trinajstić information content (AvgIpc) is 2.24. The standard InChI is InChI=1S/C6H4ClF8N3/c7-1(5(12,13)2(8)9)17-18-4(16)6(14,15)3(10)11/h2-3H,(H2,16,18)/b17-1-. The van der Waals surface area contributed by atoms with Crippen LogP contribution in [-0.2, 0) is 0 Å². The van der Waals surface area contributed by atoms with Crippen molar-refractivity contribution >= 4 is 22.6 Å². The molecular weight excluding hydrogens is 302 g/mol. The van der Waals surface area contributed by atoms with Crippen LogP contribution in [0.15, 0.2) is 10.2 Å². The van der Waals surface area contributed by atoms with Crippen LogP contribution in [0.2, 0.25) is 0 Å². The lowest BCUT2D eigenvalue weighted by Gasteiger charge is -2.14. The molecular formula is C6H4ClF8N3. The molecule has 0 bridgehead atoms. The minimum Gasteiger partial charge on any atom is -0.380 e. The molecule has 0 unspecified atom stereocenters. The predicted octanol–water partition coefficient (Wildman–Crippen LogP) is 2.70. The van der Waals surface area contributed by atoms with Gasteiger partial charge >= 0.3 is 24.7 Å². The molecule has 0 amide bonds. The molecule has 0 heterocycles. The van der Waals surface area contributed by atoms with Gasteiger partial charge in [-0.15, -0.1) is 10.2 Å². The number of hydrogen-bond donors (Lipinski definition) is 1. The van der Waals surface area contributed by atoms with E-state index < -0.39 is 35.7 Å². The highest BCUT2D eigenvalue weighted by atomic mass is 35.5. The lowest BCUT2D eigenvalue weighted by molar-refractivity contribution is -0.0762. The SMILES string of the molecule is N/C(=N\N=C(/Cl)C(F)(F)C(F)F)C(F)(F)C(F)F. The molecule has 0 rings (SSSR count). The summed E-state index contributed by atoms with van der Waals surface area (Å²) in [4.78, 5) is 0. The zero-order chi connectivity index (χ0) is 14.7. The first kappa shape index (κ1) is 16.9. The van der Waals surface area contributed by atoms with Crippen LogP contribution in [0.25, 0.3) is 0 Å². The molecule has 0 radical (unpaired) electrons. The summed E-state index contributed by atoms with van der Waals surface area (Å²) in [6.07, 6.45) is -8.55. The Morgan fingerprint density at radius 3 is 1.61 bits per heavy atom. The summed E-state index contributed by atoms with van der Waals surface area (Å²) in [5, 5.41) is 1.98. The van der Waals surface area contributed by atoms with Crippen LogP contribution in [-0.4, -0.2) is 35.7 Å². The third-order valence-corrected chi connectivity index (χ3v) is 1.74. The van der Waals surface area contributed by atoms with Gasteiger partial charge in [-0.1, -0.05) is 11.6 Å². The third kappa shape index (κ3) is 3.68. The summed E-state index contributed by atoms with van der Waals surface area (Å²) in [6.45, 7) is 0. The van der Waals surface area contributed by atoms with E-state index in [0.717, 1.165) is 0 Å². The first-order chi connectivity index (χ1) is 7.94. The molecule has 0 fully saturated rings.